The molecule has 0 fully saturated rings. The number of hydrogen-bond donors (Lipinski definition) is 1. The molecular formula is C11H14N2O3. The van der Waals surface area contributed by atoms with Gasteiger partial charge in [-0.1, -0.05) is 6.07 Å². The molecule has 5 heteroatoms. The number of H-pyrrole nitrogens is 1. The van der Waals surface area contributed by atoms with E-state index in [1.165, 1.54) is 6.07 Å². The van der Waals surface area contributed by atoms with Crippen molar-refractivity contribution in [3.05, 3.63) is 33.7 Å². The fraction of sp³-hybridized carbons (Fsp3) is 0.455. The van der Waals surface area contributed by atoms with Crippen LogP contribution >= 0.6 is 0 Å². The number of fused-ring (bicyclic) bond motifs is 1. The van der Waals surface area contributed by atoms with Gasteiger partial charge in [0.1, 0.15) is 0 Å². The maximum Gasteiger partial charge on any atom is 0.410 e. The molecule has 0 unspecified atom stereocenters. The molecule has 0 spiro atoms. The Morgan fingerprint density at radius 2 is 2.38 bits per heavy atom. The van der Waals surface area contributed by atoms with Gasteiger partial charge in [0.25, 0.3) is 0 Å². The van der Waals surface area contributed by atoms with Crippen molar-refractivity contribution in [1.29, 1.82) is 0 Å². The second kappa shape index (κ2) is 4.38. The molecule has 0 atom stereocenters. The van der Waals surface area contributed by atoms with Crippen LogP contribution in [-0.4, -0.2) is 29.1 Å². The zero-order valence-corrected chi connectivity index (χ0v) is 9.16. The first-order chi connectivity index (χ1) is 7.70. The lowest BCUT2D eigenvalue weighted by Crippen LogP contribution is -2.37. The van der Waals surface area contributed by atoms with Gasteiger partial charge in [0.15, 0.2) is 0 Å². The van der Waals surface area contributed by atoms with Gasteiger partial charge in [-0.15, -0.1) is 0 Å². The molecule has 86 valence electrons. The van der Waals surface area contributed by atoms with E-state index in [0.717, 1.165) is 11.3 Å². The number of carbonyl (C=O) groups excluding carboxylic acids is 1. The quantitative estimate of drug-likeness (QED) is 0.767. The topological polar surface area (TPSA) is 62.4 Å². The molecule has 1 aromatic heterocycles. The van der Waals surface area contributed by atoms with Gasteiger partial charge < -0.3 is 14.6 Å². The minimum absolute atomic E-state index is 0.0941. The summed E-state index contributed by atoms with van der Waals surface area (Å²) in [4.78, 5) is 27.0. The number of rotatable bonds is 1. The van der Waals surface area contributed by atoms with Crippen LogP contribution in [0.15, 0.2) is 16.9 Å². The third kappa shape index (κ3) is 2.08. The van der Waals surface area contributed by atoms with Gasteiger partial charge in [-0.05, 0) is 12.5 Å². The van der Waals surface area contributed by atoms with E-state index in [2.05, 4.69) is 4.98 Å². The van der Waals surface area contributed by atoms with Crippen molar-refractivity contribution < 1.29 is 9.53 Å². The normalized spacial score (nSPS) is 14.4. The highest BCUT2D eigenvalue weighted by atomic mass is 16.6. The van der Waals surface area contributed by atoms with Crippen molar-refractivity contribution in [3.8, 4) is 0 Å². The number of amides is 1. The summed E-state index contributed by atoms with van der Waals surface area (Å²) >= 11 is 0. The van der Waals surface area contributed by atoms with Gasteiger partial charge in [0.05, 0.1) is 13.2 Å². The lowest BCUT2D eigenvalue weighted by molar-refractivity contribution is 0.102. The minimum Gasteiger partial charge on any atom is -0.450 e. The van der Waals surface area contributed by atoms with Crippen LogP contribution in [-0.2, 0) is 17.7 Å². The monoisotopic (exact) mass is 222 g/mol. The average Bonchev–Trinajstić information content (AvgIpc) is 2.28. The van der Waals surface area contributed by atoms with Crippen LogP contribution in [0.4, 0.5) is 4.79 Å². The number of aromatic amines is 1. The van der Waals surface area contributed by atoms with Crippen molar-refractivity contribution in [2.45, 2.75) is 19.9 Å². The van der Waals surface area contributed by atoms with E-state index in [1.54, 1.807) is 17.9 Å². The van der Waals surface area contributed by atoms with Crippen LogP contribution in [0.3, 0.4) is 0 Å². The molecule has 1 aromatic rings. The molecule has 0 aliphatic carbocycles. The van der Waals surface area contributed by atoms with Gasteiger partial charge >= 0.3 is 6.09 Å². The van der Waals surface area contributed by atoms with Crippen LogP contribution in [0.25, 0.3) is 0 Å². The standard InChI is InChI=1S/C11H14N2O3/c1-2-16-11(15)13-6-5-9-8(7-13)3-4-10(14)12-9/h3-4H,2,5-7H2,1H3,(H,12,14). The predicted molar refractivity (Wildman–Crippen MR) is 58.2 cm³/mol. The molecule has 5 nitrogen and oxygen atoms in total. The number of hydrogen-bond acceptors (Lipinski definition) is 3. The second-order valence-corrected chi connectivity index (χ2v) is 3.70. The molecule has 0 radical (unpaired) electrons. The van der Waals surface area contributed by atoms with E-state index in [0.29, 0.717) is 26.1 Å². The van der Waals surface area contributed by atoms with Crippen molar-refractivity contribution >= 4 is 6.09 Å². The van der Waals surface area contributed by atoms with Gasteiger partial charge in [-0.2, -0.15) is 0 Å². The Balaban J connectivity index is 2.15. The summed E-state index contributed by atoms with van der Waals surface area (Å²) in [6.45, 7) is 3.26. The fourth-order valence-corrected chi connectivity index (χ4v) is 1.82. The Labute approximate surface area is 93.0 Å². The van der Waals surface area contributed by atoms with Gasteiger partial charge in [-0.3, -0.25) is 4.79 Å². The summed E-state index contributed by atoms with van der Waals surface area (Å²) < 4.78 is 4.94. The Morgan fingerprint density at radius 1 is 1.56 bits per heavy atom. The highest BCUT2D eigenvalue weighted by Gasteiger charge is 2.21. The second-order valence-electron chi connectivity index (χ2n) is 3.70. The Morgan fingerprint density at radius 3 is 3.12 bits per heavy atom. The largest absolute Gasteiger partial charge is 0.450 e. The molecule has 1 aliphatic heterocycles. The zero-order chi connectivity index (χ0) is 11.5. The van der Waals surface area contributed by atoms with Crippen LogP contribution in [0.1, 0.15) is 18.2 Å². The molecule has 1 aliphatic rings. The van der Waals surface area contributed by atoms with E-state index < -0.39 is 0 Å². The number of aromatic nitrogens is 1. The lowest BCUT2D eigenvalue weighted by atomic mass is 10.1. The van der Waals surface area contributed by atoms with Crippen molar-refractivity contribution in [2.24, 2.45) is 0 Å². The lowest BCUT2D eigenvalue weighted by Gasteiger charge is -2.27. The molecule has 0 saturated heterocycles. The summed E-state index contributed by atoms with van der Waals surface area (Å²) in [5.74, 6) is 0. The molecule has 0 saturated carbocycles. The number of carbonyl (C=O) groups is 1. The molecule has 2 rings (SSSR count). The van der Waals surface area contributed by atoms with Crippen LogP contribution in [0, 0.1) is 0 Å². The maximum atomic E-state index is 11.5. The first-order valence-electron chi connectivity index (χ1n) is 5.33. The highest BCUT2D eigenvalue weighted by Crippen LogP contribution is 2.15. The molecule has 0 aromatic carbocycles. The molecule has 1 N–H and O–H groups in total. The first-order valence-corrected chi connectivity index (χ1v) is 5.33. The van der Waals surface area contributed by atoms with E-state index in [-0.39, 0.29) is 11.7 Å². The number of ether oxygens (including phenoxy) is 1. The van der Waals surface area contributed by atoms with Crippen molar-refractivity contribution in [1.82, 2.24) is 9.88 Å². The summed E-state index contributed by atoms with van der Waals surface area (Å²) in [5.41, 5.74) is 1.82. The van der Waals surface area contributed by atoms with Crippen LogP contribution in [0.2, 0.25) is 0 Å². The number of nitrogens with zero attached hydrogens (tertiary/aromatic N) is 1. The van der Waals surface area contributed by atoms with E-state index in [4.69, 9.17) is 4.74 Å². The number of pyridine rings is 1. The maximum absolute atomic E-state index is 11.5. The van der Waals surface area contributed by atoms with Gasteiger partial charge in [0, 0.05) is 24.7 Å². The molecule has 0 bridgehead atoms. The molecule has 1 amide bonds. The first kappa shape index (κ1) is 10.7. The van der Waals surface area contributed by atoms with Gasteiger partial charge in [-0.25, -0.2) is 4.79 Å². The summed E-state index contributed by atoms with van der Waals surface area (Å²) in [6, 6.07) is 3.24. The average molecular weight is 222 g/mol. The SMILES string of the molecule is CCOC(=O)N1CCc2[nH]c(=O)ccc2C1. The van der Waals surface area contributed by atoms with Crippen molar-refractivity contribution in [3.63, 3.8) is 0 Å². The molecule has 2 heterocycles. The van der Waals surface area contributed by atoms with Crippen molar-refractivity contribution in [2.75, 3.05) is 13.2 Å². The fourth-order valence-electron chi connectivity index (χ4n) is 1.82. The van der Waals surface area contributed by atoms with Crippen LogP contribution < -0.4 is 5.56 Å². The smallest absolute Gasteiger partial charge is 0.410 e. The van der Waals surface area contributed by atoms with Crippen LogP contribution in [0.5, 0.6) is 0 Å². The number of nitrogens with one attached hydrogen (secondary N) is 1. The Hall–Kier alpha value is -1.78. The third-order valence-electron chi connectivity index (χ3n) is 2.62. The summed E-state index contributed by atoms with van der Waals surface area (Å²) in [7, 11) is 0. The summed E-state index contributed by atoms with van der Waals surface area (Å²) in [6.07, 6.45) is 0.379. The molecule has 16 heavy (non-hydrogen) atoms. The third-order valence-corrected chi connectivity index (χ3v) is 2.62. The Kier molecular flexibility index (Phi) is 2.94. The predicted octanol–water partition coefficient (Wildman–Crippen LogP) is 0.889. The Bertz CT molecular complexity index is 453. The van der Waals surface area contributed by atoms with E-state index in [1.807, 2.05) is 0 Å². The highest BCUT2D eigenvalue weighted by molar-refractivity contribution is 5.68. The van der Waals surface area contributed by atoms with E-state index in [9.17, 15) is 9.59 Å². The minimum atomic E-state index is -0.292. The van der Waals surface area contributed by atoms with E-state index >= 15 is 0 Å². The molecular weight excluding hydrogens is 208 g/mol. The zero-order valence-electron chi connectivity index (χ0n) is 9.16. The van der Waals surface area contributed by atoms with Gasteiger partial charge in [0.2, 0.25) is 5.56 Å². The summed E-state index contributed by atoms with van der Waals surface area (Å²) in [5, 5.41) is 0.